The number of benzene rings is 1. The normalized spacial score (nSPS) is 15.0. The van der Waals surface area contributed by atoms with Crippen LogP contribution < -0.4 is 5.73 Å². The third kappa shape index (κ3) is 4.10. The number of hydrogen-bond donors (Lipinski definition) is 2. The molecule has 0 heterocycles. The summed E-state index contributed by atoms with van der Waals surface area (Å²) >= 11 is 0. The van der Waals surface area contributed by atoms with Gasteiger partial charge in [0.2, 0.25) is 0 Å². The monoisotopic (exact) mass is 239 g/mol. The van der Waals surface area contributed by atoms with Gasteiger partial charge in [-0.15, -0.1) is 0 Å². The van der Waals surface area contributed by atoms with Crippen molar-refractivity contribution in [1.82, 2.24) is 0 Å². The predicted octanol–water partition coefficient (Wildman–Crippen LogP) is 2.93. The highest BCUT2D eigenvalue weighted by atomic mass is 19.1. The maximum Gasteiger partial charge on any atom is 0.126 e. The Kier molecular flexibility index (Phi) is 5.09. The van der Waals surface area contributed by atoms with Crippen LogP contribution in [0.15, 0.2) is 18.2 Å². The molecule has 0 amide bonds. The lowest BCUT2D eigenvalue weighted by Crippen LogP contribution is -2.26. The molecular weight excluding hydrogens is 217 g/mol. The fourth-order valence-electron chi connectivity index (χ4n) is 1.72. The minimum atomic E-state index is -0.612. The predicted molar refractivity (Wildman–Crippen MR) is 68.1 cm³/mol. The summed E-state index contributed by atoms with van der Waals surface area (Å²) in [6, 6.07) is 4.38. The fourth-order valence-corrected chi connectivity index (χ4v) is 1.72. The molecule has 0 aliphatic heterocycles. The molecule has 17 heavy (non-hydrogen) atoms. The van der Waals surface area contributed by atoms with Crippen molar-refractivity contribution in [1.29, 1.82) is 0 Å². The lowest BCUT2D eigenvalue weighted by Gasteiger charge is -2.20. The van der Waals surface area contributed by atoms with E-state index in [2.05, 4.69) is 13.8 Å². The first-order valence-corrected chi connectivity index (χ1v) is 6.11. The number of aryl methyl sites for hydroxylation is 1. The SMILES string of the molecule is Cc1ccc([C@@H](N)[C@@H](O)CCC(C)C)cc1F. The molecule has 96 valence electrons. The van der Waals surface area contributed by atoms with E-state index in [4.69, 9.17) is 5.73 Å². The average molecular weight is 239 g/mol. The minimum Gasteiger partial charge on any atom is -0.391 e. The Hall–Kier alpha value is -0.930. The van der Waals surface area contributed by atoms with Gasteiger partial charge in [0.05, 0.1) is 12.1 Å². The van der Waals surface area contributed by atoms with Crippen LogP contribution in [0.5, 0.6) is 0 Å². The average Bonchev–Trinajstić information content (AvgIpc) is 2.28. The molecule has 3 N–H and O–H groups in total. The molecule has 0 saturated carbocycles. The number of aliphatic hydroxyl groups is 1. The van der Waals surface area contributed by atoms with Crippen molar-refractivity contribution in [2.24, 2.45) is 11.7 Å². The Balaban J connectivity index is 2.67. The number of halogens is 1. The number of hydrogen-bond acceptors (Lipinski definition) is 2. The van der Waals surface area contributed by atoms with Crippen LogP contribution >= 0.6 is 0 Å². The van der Waals surface area contributed by atoms with Crippen LogP contribution in [-0.2, 0) is 0 Å². The van der Waals surface area contributed by atoms with Gasteiger partial charge in [-0.2, -0.15) is 0 Å². The van der Waals surface area contributed by atoms with Crippen molar-refractivity contribution in [3.63, 3.8) is 0 Å². The van der Waals surface area contributed by atoms with Crippen molar-refractivity contribution in [2.75, 3.05) is 0 Å². The first-order chi connectivity index (χ1) is 7.91. The van der Waals surface area contributed by atoms with Gasteiger partial charge in [0.25, 0.3) is 0 Å². The molecule has 0 unspecified atom stereocenters. The van der Waals surface area contributed by atoms with Gasteiger partial charge in [-0.25, -0.2) is 4.39 Å². The Labute approximate surface area is 103 Å². The van der Waals surface area contributed by atoms with Crippen molar-refractivity contribution in [3.8, 4) is 0 Å². The van der Waals surface area contributed by atoms with E-state index in [1.54, 1.807) is 19.1 Å². The van der Waals surface area contributed by atoms with Gasteiger partial charge in [-0.1, -0.05) is 26.0 Å². The highest BCUT2D eigenvalue weighted by Gasteiger charge is 2.17. The number of aliphatic hydroxyl groups excluding tert-OH is 1. The molecule has 1 aromatic carbocycles. The Morgan fingerprint density at radius 1 is 1.29 bits per heavy atom. The molecule has 0 radical (unpaired) electrons. The summed E-state index contributed by atoms with van der Waals surface area (Å²) in [6.07, 6.45) is 0.955. The molecule has 0 saturated heterocycles. The van der Waals surface area contributed by atoms with Gasteiger partial charge in [0.1, 0.15) is 5.82 Å². The van der Waals surface area contributed by atoms with E-state index >= 15 is 0 Å². The topological polar surface area (TPSA) is 46.2 Å². The van der Waals surface area contributed by atoms with Crippen LogP contribution in [-0.4, -0.2) is 11.2 Å². The summed E-state index contributed by atoms with van der Waals surface area (Å²) in [7, 11) is 0. The zero-order chi connectivity index (χ0) is 13.0. The van der Waals surface area contributed by atoms with E-state index in [-0.39, 0.29) is 5.82 Å². The summed E-state index contributed by atoms with van der Waals surface area (Å²) in [5.41, 5.74) is 7.18. The quantitative estimate of drug-likeness (QED) is 0.830. The summed E-state index contributed by atoms with van der Waals surface area (Å²) in [4.78, 5) is 0. The van der Waals surface area contributed by atoms with Crippen LogP contribution in [0.2, 0.25) is 0 Å². The van der Waals surface area contributed by atoms with Gasteiger partial charge >= 0.3 is 0 Å². The Morgan fingerprint density at radius 3 is 2.47 bits per heavy atom. The van der Waals surface area contributed by atoms with Crippen LogP contribution in [0.4, 0.5) is 4.39 Å². The Bertz CT molecular complexity index is 365. The first-order valence-electron chi connectivity index (χ1n) is 6.11. The molecular formula is C14H22FNO. The molecule has 2 atom stereocenters. The van der Waals surface area contributed by atoms with E-state index in [9.17, 15) is 9.50 Å². The maximum absolute atomic E-state index is 13.4. The maximum atomic E-state index is 13.4. The number of rotatable bonds is 5. The second-order valence-electron chi connectivity index (χ2n) is 5.07. The molecule has 3 heteroatoms. The smallest absolute Gasteiger partial charge is 0.126 e. The van der Waals surface area contributed by atoms with E-state index < -0.39 is 12.1 Å². The summed E-state index contributed by atoms with van der Waals surface area (Å²) in [5.74, 6) is 0.264. The van der Waals surface area contributed by atoms with Gasteiger partial charge in [-0.3, -0.25) is 0 Å². The van der Waals surface area contributed by atoms with Crippen LogP contribution in [0, 0.1) is 18.7 Å². The molecule has 1 rings (SSSR count). The van der Waals surface area contributed by atoms with E-state index in [0.29, 0.717) is 23.5 Å². The molecule has 2 nitrogen and oxygen atoms in total. The summed E-state index contributed by atoms with van der Waals surface area (Å²) in [6.45, 7) is 5.91. The molecule has 0 aliphatic rings. The van der Waals surface area contributed by atoms with E-state index in [0.717, 1.165) is 6.42 Å². The first kappa shape index (κ1) is 14.1. The van der Waals surface area contributed by atoms with Gasteiger partial charge in [0.15, 0.2) is 0 Å². The van der Waals surface area contributed by atoms with Crippen molar-refractivity contribution in [2.45, 2.75) is 45.8 Å². The third-order valence-electron chi connectivity index (χ3n) is 3.04. The largest absolute Gasteiger partial charge is 0.391 e. The van der Waals surface area contributed by atoms with Crippen molar-refractivity contribution >= 4 is 0 Å². The second kappa shape index (κ2) is 6.12. The fraction of sp³-hybridized carbons (Fsp3) is 0.571. The standard InChI is InChI=1S/C14H22FNO/c1-9(2)4-7-13(17)14(16)11-6-5-10(3)12(15)8-11/h5-6,8-9,13-14,17H,4,7,16H2,1-3H3/t13-,14+/m0/s1. The van der Waals surface area contributed by atoms with Crippen LogP contribution in [0.1, 0.15) is 43.9 Å². The Morgan fingerprint density at radius 2 is 1.94 bits per heavy atom. The molecule has 0 aromatic heterocycles. The summed E-state index contributed by atoms with van der Waals surface area (Å²) in [5, 5.41) is 9.93. The molecule has 0 spiro atoms. The highest BCUT2D eigenvalue weighted by Crippen LogP contribution is 2.21. The van der Waals surface area contributed by atoms with Crippen LogP contribution in [0.3, 0.4) is 0 Å². The number of nitrogens with two attached hydrogens (primary N) is 1. The lowest BCUT2D eigenvalue weighted by molar-refractivity contribution is 0.128. The molecule has 0 bridgehead atoms. The van der Waals surface area contributed by atoms with Gasteiger partial charge in [-0.05, 0) is 42.9 Å². The van der Waals surface area contributed by atoms with Gasteiger partial charge in [0, 0.05) is 0 Å². The zero-order valence-electron chi connectivity index (χ0n) is 10.8. The van der Waals surface area contributed by atoms with Crippen molar-refractivity contribution in [3.05, 3.63) is 35.1 Å². The van der Waals surface area contributed by atoms with Gasteiger partial charge < -0.3 is 10.8 Å². The highest BCUT2D eigenvalue weighted by molar-refractivity contribution is 5.26. The lowest BCUT2D eigenvalue weighted by atomic mass is 9.95. The molecule has 0 aliphatic carbocycles. The molecule has 1 aromatic rings. The minimum absolute atomic E-state index is 0.269. The summed E-state index contributed by atoms with van der Waals surface area (Å²) < 4.78 is 13.4. The zero-order valence-corrected chi connectivity index (χ0v) is 10.8. The van der Waals surface area contributed by atoms with E-state index in [1.165, 1.54) is 6.07 Å². The second-order valence-corrected chi connectivity index (χ2v) is 5.07. The third-order valence-corrected chi connectivity index (χ3v) is 3.04. The van der Waals surface area contributed by atoms with E-state index in [1.807, 2.05) is 0 Å². The van der Waals surface area contributed by atoms with Crippen molar-refractivity contribution < 1.29 is 9.50 Å². The molecule has 0 fully saturated rings. The van der Waals surface area contributed by atoms with Crippen LogP contribution in [0.25, 0.3) is 0 Å².